The molecule has 0 aliphatic carbocycles. The fourth-order valence-electron chi connectivity index (χ4n) is 3.68. The van der Waals surface area contributed by atoms with Crippen molar-refractivity contribution in [2.24, 2.45) is 0 Å². The molecule has 0 atom stereocenters. The lowest BCUT2D eigenvalue weighted by Crippen LogP contribution is -2.38. The van der Waals surface area contributed by atoms with Gasteiger partial charge in [-0.1, -0.05) is 12.1 Å². The standard InChI is InChI=1S/C26H34N6O4/c1-31-13-9-27-23(33)19-5-3-7-21(17-19)25(35)29-11-15-32(2)16-12-30-26(36)22-8-4-6-20(18-22)24(34)28-10-14-31/h3-8,17-18H,9-16H2,1-2H3,(H,27,33)(H,28,34)(H,29,35)(H,30,36). The number of likely N-dealkylation sites (N-methyl/N-ethyl adjacent to an activating group) is 2. The van der Waals surface area contributed by atoms with Crippen LogP contribution in [0, 0.1) is 0 Å². The quantitative estimate of drug-likeness (QED) is 0.415. The van der Waals surface area contributed by atoms with Crippen LogP contribution in [0.4, 0.5) is 0 Å². The fourth-order valence-corrected chi connectivity index (χ4v) is 3.68. The molecule has 2 aromatic rings. The van der Waals surface area contributed by atoms with Gasteiger partial charge in [0, 0.05) is 74.6 Å². The summed E-state index contributed by atoms with van der Waals surface area (Å²) in [7, 11) is 3.80. The van der Waals surface area contributed by atoms with Crippen molar-refractivity contribution >= 4 is 23.6 Å². The molecule has 36 heavy (non-hydrogen) atoms. The molecule has 0 spiro atoms. The van der Waals surface area contributed by atoms with Crippen molar-refractivity contribution in [3.63, 3.8) is 0 Å². The van der Waals surface area contributed by atoms with E-state index in [0.29, 0.717) is 74.6 Å². The van der Waals surface area contributed by atoms with Gasteiger partial charge < -0.3 is 31.1 Å². The monoisotopic (exact) mass is 494 g/mol. The normalized spacial score (nSPS) is 18.3. The van der Waals surface area contributed by atoms with Crippen LogP contribution in [0.15, 0.2) is 48.5 Å². The first-order chi connectivity index (χ1) is 17.3. The molecule has 0 fully saturated rings. The van der Waals surface area contributed by atoms with Gasteiger partial charge >= 0.3 is 0 Å². The molecule has 1 aliphatic rings. The minimum Gasteiger partial charge on any atom is -0.351 e. The Bertz CT molecular complexity index is 930. The van der Waals surface area contributed by atoms with Gasteiger partial charge in [0.05, 0.1) is 0 Å². The molecular formula is C26H34N6O4. The van der Waals surface area contributed by atoms with Crippen LogP contribution in [0.5, 0.6) is 0 Å². The summed E-state index contributed by atoms with van der Waals surface area (Å²) in [5.41, 5.74) is 1.67. The van der Waals surface area contributed by atoms with E-state index in [1.165, 1.54) is 0 Å². The molecule has 0 saturated heterocycles. The maximum absolute atomic E-state index is 12.5. The van der Waals surface area contributed by atoms with E-state index in [1.807, 2.05) is 23.9 Å². The number of amides is 4. The Hall–Kier alpha value is -3.76. The topological polar surface area (TPSA) is 123 Å². The van der Waals surface area contributed by atoms with Crippen LogP contribution >= 0.6 is 0 Å². The van der Waals surface area contributed by atoms with Crippen molar-refractivity contribution in [2.45, 2.75) is 0 Å². The number of benzene rings is 2. The summed E-state index contributed by atoms with van der Waals surface area (Å²) in [5.74, 6) is -0.991. The number of carbonyl (C=O) groups excluding carboxylic acids is 4. The Balaban J connectivity index is 1.67. The molecule has 4 bridgehead atoms. The maximum Gasteiger partial charge on any atom is 0.251 e. The van der Waals surface area contributed by atoms with E-state index in [2.05, 4.69) is 21.3 Å². The number of hydrogen-bond donors (Lipinski definition) is 4. The number of rotatable bonds is 0. The Morgan fingerprint density at radius 1 is 0.500 bits per heavy atom. The number of hydrogen-bond acceptors (Lipinski definition) is 6. The Morgan fingerprint density at radius 3 is 1.00 bits per heavy atom. The van der Waals surface area contributed by atoms with Gasteiger partial charge in [-0.2, -0.15) is 0 Å². The first kappa shape index (κ1) is 26.8. The average molecular weight is 495 g/mol. The molecule has 1 aliphatic heterocycles. The molecule has 0 saturated carbocycles. The van der Waals surface area contributed by atoms with E-state index in [4.69, 9.17) is 0 Å². The summed E-state index contributed by atoms with van der Waals surface area (Å²) < 4.78 is 0. The summed E-state index contributed by atoms with van der Waals surface area (Å²) in [5, 5.41) is 11.5. The summed E-state index contributed by atoms with van der Waals surface area (Å²) >= 11 is 0. The summed E-state index contributed by atoms with van der Waals surface area (Å²) in [6, 6.07) is 13.2. The van der Waals surface area contributed by atoms with Crippen LogP contribution in [-0.2, 0) is 0 Å². The maximum atomic E-state index is 12.5. The van der Waals surface area contributed by atoms with Crippen molar-refractivity contribution in [1.82, 2.24) is 31.1 Å². The van der Waals surface area contributed by atoms with E-state index >= 15 is 0 Å². The first-order valence-electron chi connectivity index (χ1n) is 12.0. The van der Waals surface area contributed by atoms with Crippen molar-refractivity contribution in [3.8, 4) is 0 Å². The molecule has 0 unspecified atom stereocenters. The van der Waals surface area contributed by atoms with Crippen LogP contribution in [0.2, 0.25) is 0 Å². The second kappa shape index (κ2) is 13.4. The van der Waals surface area contributed by atoms with Gasteiger partial charge in [0.2, 0.25) is 0 Å². The number of carbonyl (C=O) groups is 4. The molecule has 1 heterocycles. The lowest BCUT2D eigenvalue weighted by Gasteiger charge is -2.18. The predicted molar refractivity (Wildman–Crippen MR) is 137 cm³/mol. The molecule has 0 aromatic heterocycles. The van der Waals surface area contributed by atoms with Crippen LogP contribution < -0.4 is 21.3 Å². The fraction of sp³-hybridized carbons (Fsp3) is 0.385. The van der Waals surface area contributed by atoms with Crippen molar-refractivity contribution in [1.29, 1.82) is 0 Å². The predicted octanol–water partition coefficient (Wildman–Crippen LogP) is 0.183. The molecule has 4 N–H and O–H groups in total. The van der Waals surface area contributed by atoms with Crippen LogP contribution in [0.3, 0.4) is 0 Å². The zero-order valence-electron chi connectivity index (χ0n) is 20.8. The third-order valence-electron chi connectivity index (χ3n) is 5.89. The van der Waals surface area contributed by atoms with E-state index in [9.17, 15) is 19.2 Å². The van der Waals surface area contributed by atoms with E-state index in [1.54, 1.807) is 48.5 Å². The lowest BCUT2D eigenvalue weighted by atomic mass is 10.1. The summed E-state index contributed by atoms with van der Waals surface area (Å²) in [6.45, 7) is 4.03. The van der Waals surface area contributed by atoms with Crippen molar-refractivity contribution < 1.29 is 19.2 Å². The molecule has 0 radical (unpaired) electrons. The Kier molecular flexibility index (Phi) is 9.96. The Labute approximate surface area is 211 Å². The summed E-state index contributed by atoms with van der Waals surface area (Å²) in [6.07, 6.45) is 0. The largest absolute Gasteiger partial charge is 0.351 e. The van der Waals surface area contributed by atoms with Crippen LogP contribution in [0.1, 0.15) is 41.4 Å². The first-order valence-corrected chi connectivity index (χ1v) is 12.0. The number of nitrogens with one attached hydrogen (secondary N) is 4. The molecule has 4 amide bonds. The highest BCUT2D eigenvalue weighted by molar-refractivity contribution is 6.00. The zero-order valence-corrected chi connectivity index (χ0v) is 20.8. The lowest BCUT2D eigenvalue weighted by molar-refractivity contribution is 0.0941. The van der Waals surface area contributed by atoms with Crippen molar-refractivity contribution in [2.75, 3.05) is 66.5 Å². The minimum absolute atomic E-state index is 0.248. The highest BCUT2D eigenvalue weighted by atomic mass is 16.2. The van der Waals surface area contributed by atoms with Crippen molar-refractivity contribution in [3.05, 3.63) is 70.8 Å². The Morgan fingerprint density at radius 2 is 0.750 bits per heavy atom. The molecular weight excluding hydrogens is 460 g/mol. The molecule has 10 heteroatoms. The zero-order chi connectivity index (χ0) is 25.9. The highest BCUT2D eigenvalue weighted by Gasteiger charge is 2.13. The SMILES string of the molecule is CN1CCNC(=O)c2cccc(c2)C(=O)NCCN(C)CCNC(=O)c2cccc(c2)C(=O)NCC1. The van der Waals surface area contributed by atoms with Gasteiger partial charge in [0.25, 0.3) is 23.6 Å². The van der Waals surface area contributed by atoms with Gasteiger partial charge in [-0.3, -0.25) is 19.2 Å². The van der Waals surface area contributed by atoms with Gasteiger partial charge in [-0.15, -0.1) is 0 Å². The van der Waals surface area contributed by atoms with Crippen LogP contribution in [-0.4, -0.2) is 99.9 Å². The third kappa shape index (κ3) is 8.17. The second-order valence-electron chi connectivity index (χ2n) is 8.79. The highest BCUT2D eigenvalue weighted by Crippen LogP contribution is 2.07. The van der Waals surface area contributed by atoms with Crippen LogP contribution in [0.25, 0.3) is 0 Å². The third-order valence-corrected chi connectivity index (χ3v) is 5.89. The van der Waals surface area contributed by atoms with E-state index in [-0.39, 0.29) is 23.6 Å². The molecule has 192 valence electrons. The number of nitrogens with zero attached hydrogens (tertiary/aromatic N) is 2. The van der Waals surface area contributed by atoms with E-state index in [0.717, 1.165) is 0 Å². The smallest absolute Gasteiger partial charge is 0.251 e. The summed E-state index contributed by atoms with van der Waals surface area (Å²) in [4.78, 5) is 54.1. The van der Waals surface area contributed by atoms with Gasteiger partial charge in [0.15, 0.2) is 0 Å². The second-order valence-corrected chi connectivity index (χ2v) is 8.79. The van der Waals surface area contributed by atoms with E-state index < -0.39 is 0 Å². The van der Waals surface area contributed by atoms with Gasteiger partial charge in [-0.05, 0) is 50.5 Å². The van der Waals surface area contributed by atoms with Gasteiger partial charge in [0.1, 0.15) is 0 Å². The molecule has 3 rings (SSSR count). The van der Waals surface area contributed by atoms with Gasteiger partial charge in [-0.25, -0.2) is 0 Å². The molecule has 2 aromatic carbocycles. The number of fused-ring (bicyclic) bond motifs is 4. The molecule has 10 nitrogen and oxygen atoms in total. The average Bonchev–Trinajstić information content (AvgIpc) is 2.88. The minimum atomic E-state index is -0.248.